The van der Waals surface area contributed by atoms with Gasteiger partial charge in [-0.15, -0.1) is 0 Å². The van der Waals surface area contributed by atoms with Crippen LogP contribution >= 0.6 is 0 Å². The van der Waals surface area contributed by atoms with Gasteiger partial charge in [0.2, 0.25) is 0 Å². The minimum atomic E-state index is -1.01. The van der Waals surface area contributed by atoms with Crippen LogP contribution in [-0.4, -0.2) is 60.7 Å². The molecule has 0 saturated heterocycles. The van der Waals surface area contributed by atoms with Crippen molar-refractivity contribution in [1.29, 1.82) is 0 Å². The van der Waals surface area contributed by atoms with Crippen LogP contribution in [0.25, 0.3) is 0 Å². The van der Waals surface area contributed by atoms with E-state index < -0.39 is 39.5 Å². The zero-order valence-corrected chi connectivity index (χ0v) is 30.7. The maximum atomic E-state index is 2.41. The fourth-order valence-corrected chi connectivity index (χ4v) is 31.3. The molecule has 0 fully saturated rings. The second-order valence-corrected chi connectivity index (χ2v) is 43.4. The summed E-state index contributed by atoms with van der Waals surface area (Å²) in [5.74, 6) is 0. The molecule has 3 heteroatoms. The van der Waals surface area contributed by atoms with Gasteiger partial charge in [0.05, 0.1) is 0 Å². The molecule has 0 aliphatic carbocycles. The topological polar surface area (TPSA) is 0 Å². The molecular weight excluding hydrogens is 644 g/mol. The van der Waals surface area contributed by atoms with E-state index in [-0.39, 0.29) is 21.1 Å². The van der Waals surface area contributed by atoms with Crippen molar-refractivity contribution in [3.63, 3.8) is 0 Å². The first-order valence-corrected chi connectivity index (χ1v) is 24.7. The van der Waals surface area contributed by atoms with E-state index in [1.807, 2.05) is 0 Å². The second kappa shape index (κ2) is 19.1. The summed E-state index contributed by atoms with van der Waals surface area (Å²) in [7, 11) is 0. The molecule has 4 radical (unpaired) electrons. The molecule has 0 unspecified atom stereocenters. The van der Waals surface area contributed by atoms with Crippen LogP contribution in [0.2, 0.25) is 31.5 Å². The van der Waals surface area contributed by atoms with Crippen LogP contribution in [0.1, 0.15) is 111 Å². The molecule has 0 aromatic rings. The molecular formula is C24H56Sn3. The van der Waals surface area contributed by atoms with Crippen LogP contribution in [0.4, 0.5) is 0 Å². The molecule has 0 heterocycles. The van der Waals surface area contributed by atoms with Crippen LogP contribution < -0.4 is 0 Å². The summed E-state index contributed by atoms with van der Waals surface area (Å²) in [4.78, 5) is 0. The first-order chi connectivity index (χ1) is 12.1. The van der Waals surface area contributed by atoms with Crippen LogP contribution in [0.15, 0.2) is 0 Å². The first kappa shape index (κ1) is 34.0. The monoisotopic (exact) mass is 704 g/mol. The standard InChI is InChI=1S/8C3H7.3Sn/c8*1-3-2;;;/h8*3H,1-2H3;;;. The van der Waals surface area contributed by atoms with Crippen LogP contribution in [0.3, 0.4) is 0 Å². The van der Waals surface area contributed by atoms with Crippen molar-refractivity contribution in [3.8, 4) is 0 Å². The molecule has 0 aromatic heterocycles. The van der Waals surface area contributed by atoms with Crippen molar-refractivity contribution < 1.29 is 0 Å². The van der Waals surface area contributed by atoms with Crippen molar-refractivity contribution in [2.75, 3.05) is 0 Å². The fraction of sp³-hybridized carbons (Fsp3) is 1.00. The molecule has 0 bridgehead atoms. The second-order valence-electron chi connectivity index (χ2n) is 10.4. The summed E-state index contributed by atoms with van der Waals surface area (Å²) in [6.07, 6.45) is 0. The van der Waals surface area contributed by atoms with Crippen molar-refractivity contribution in [2.24, 2.45) is 0 Å². The van der Waals surface area contributed by atoms with E-state index in [0.717, 1.165) is 31.5 Å². The molecule has 0 nitrogen and oxygen atoms in total. The van der Waals surface area contributed by atoms with Crippen molar-refractivity contribution in [1.82, 2.24) is 0 Å². The molecule has 0 spiro atoms. The Morgan fingerprint density at radius 3 is 0.481 bits per heavy atom. The Labute approximate surface area is 200 Å². The Bertz CT molecular complexity index is 237. The van der Waals surface area contributed by atoms with Gasteiger partial charge in [-0.25, -0.2) is 0 Å². The Balaban J connectivity index is -0.000000326. The zero-order chi connectivity index (χ0) is 22.5. The molecule has 0 saturated carbocycles. The number of rotatable bonds is 8. The van der Waals surface area contributed by atoms with Gasteiger partial charge < -0.3 is 0 Å². The van der Waals surface area contributed by atoms with Gasteiger partial charge in [-0.2, -0.15) is 0 Å². The molecule has 0 aliphatic rings. The fourth-order valence-electron chi connectivity index (χ4n) is 4.67. The van der Waals surface area contributed by atoms with Crippen molar-refractivity contribution >= 4 is 60.7 Å². The predicted octanol–water partition coefficient (Wildman–Crippen LogP) is 9.77. The third-order valence-electron chi connectivity index (χ3n) is 4.67. The average molecular weight is 701 g/mol. The van der Waals surface area contributed by atoms with Gasteiger partial charge >= 0.3 is 203 Å². The Morgan fingerprint density at radius 1 is 0.333 bits per heavy atom. The number of hydrogen-bond donors (Lipinski definition) is 0. The van der Waals surface area contributed by atoms with Crippen LogP contribution in [0, 0.1) is 0 Å². The van der Waals surface area contributed by atoms with E-state index in [2.05, 4.69) is 111 Å². The summed E-state index contributed by atoms with van der Waals surface area (Å²) in [6, 6.07) is 0. The van der Waals surface area contributed by atoms with Gasteiger partial charge in [-0.3, -0.25) is 0 Å². The minimum absolute atomic E-state index is 0.0389. The first-order valence-electron chi connectivity index (χ1n) is 11.5. The SMILES string of the molecule is C[CH](C)[Sn]([CH](C)C)[CH](C)C.C[CH](C)[Sn]([CH](C)C)[CH](C)C.C[CH](C)[Sn][CH](C)C. The molecule has 0 amide bonds. The van der Waals surface area contributed by atoms with Gasteiger partial charge in [0, 0.05) is 0 Å². The van der Waals surface area contributed by atoms with Crippen molar-refractivity contribution in [3.05, 3.63) is 0 Å². The normalized spacial score (nSPS) is 12.2. The summed E-state index contributed by atoms with van der Waals surface area (Å²) < 4.78 is 8.27. The van der Waals surface area contributed by atoms with Crippen LogP contribution in [0.5, 0.6) is 0 Å². The molecule has 27 heavy (non-hydrogen) atoms. The average Bonchev–Trinajstić information content (AvgIpc) is 2.34. The van der Waals surface area contributed by atoms with E-state index in [1.165, 1.54) is 0 Å². The molecule has 164 valence electrons. The third kappa shape index (κ3) is 21.4. The Morgan fingerprint density at radius 2 is 0.481 bits per heavy atom. The number of hydrogen-bond acceptors (Lipinski definition) is 0. The Kier molecular flexibility index (Phi) is 24.1. The van der Waals surface area contributed by atoms with Crippen LogP contribution in [-0.2, 0) is 0 Å². The van der Waals surface area contributed by atoms with Gasteiger partial charge in [-0.05, 0) is 0 Å². The van der Waals surface area contributed by atoms with E-state index in [1.54, 1.807) is 0 Å². The Hall–Kier alpha value is 2.40. The summed E-state index contributed by atoms with van der Waals surface area (Å²) in [6.45, 7) is 38.3. The summed E-state index contributed by atoms with van der Waals surface area (Å²) in [5.41, 5.74) is 0. The predicted molar refractivity (Wildman–Crippen MR) is 138 cm³/mol. The molecule has 0 rings (SSSR count). The van der Waals surface area contributed by atoms with Gasteiger partial charge in [0.1, 0.15) is 0 Å². The summed E-state index contributed by atoms with van der Waals surface area (Å²) >= 11 is -1.99. The van der Waals surface area contributed by atoms with E-state index >= 15 is 0 Å². The van der Waals surface area contributed by atoms with E-state index in [4.69, 9.17) is 0 Å². The maximum absolute atomic E-state index is 2.41. The molecule has 0 aromatic carbocycles. The van der Waals surface area contributed by atoms with Gasteiger partial charge in [-0.1, -0.05) is 0 Å². The molecule has 0 N–H and O–H groups in total. The van der Waals surface area contributed by atoms with E-state index in [0.29, 0.717) is 0 Å². The van der Waals surface area contributed by atoms with Crippen molar-refractivity contribution in [2.45, 2.75) is 142 Å². The third-order valence-corrected chi connectivity index (χ3v) is 31.3. The quantitative estimate of drug-likeness (QED) is 0.221. The van der Waals surface area contributed by atoms with E-state index in [9.17, 15) is 0 Å². The summed E-state index contributed by atoms with van der Waals surface area (Å²) in [5, 5.41) is 0. The van der Waals surface area contributed by atoms with Gasteiger partial charge in [0.15, 0.2) is 0 Å². The molecule has 0 aliphatic heterocycles. The zero-order valence-electron chi connectivity index (χ0n) is 22.1. The molecule has 0 atom stereocenters. The van der Waals surface area contributed by atoms with Gasteiger partial charge in [0.25, 0.3) is 0 Å².